The lowest BCUT2D eigenvalue weighted by Crippen LogP contribution is -2.01. The summed E-state index contributed by atoms with van der Waals surface area (Å²) in [5.41, 5.74) is 7.99. The lowest BCUT2D eigenvalue weighted by Gasteiger charge is -2.08. The van der Waals surface area contributed by atoms with E-state index in [9.17, 15) is 61.5 Å². The highest BCUT2D eigenvalue weighted by molar-refractivity contribution is 7.26. The molecule has 0 amide bonds. The number of benzene rings is 14. The number of halogens is 14. The molecule has 7 heterocycles. The van der Waals surface area contributed by atoms with Crippen molar-refractivity contribution in [1.29, 1.82) is 0 Å². The molecule has 0 fully saturated rings. The SMILES string of the molecule is Cc1ccc2c(oc3c(F)c(C)ccc32)c1F.Cc1ccc2c(oc3c(F)c(C)ccc32)c1F.Cc1ccc2c(oc3c(F)c(C)ccc32)c1F.Cc1ccc2c(oc3c(F)c(C)ccc32)c1F.Cc1ccc2c(oc3c(F)c(OCCCC(C)C)ccc32)c1F.Cc1ccc2c(sc3c(F)c(C)ccc32)c1F.Cc1ccc2c(sc3c(F)c(C)ccc32)c1F. The summed E-state index contributed by atoms with van der Waals surface area (Å²) in [4.78, 5) is 0. The Hall–Kier alpha value is -12.7. The third-order valence-corrected chi connectivity index (χ3v) is 24.9. The molecule has 14 aromatic carbocycles. The molecular formula is C103H80F14O6S2. The molecule has 21 rings (SSSR count). The molecule has 0 saturated heterocycles. The molecule has 0 radical (unpaired) electrons. The van der Waals surface area contributed by atoms with Crippen LogP contribution in [0.2, 0.25) is 0 Å². The maximum absolute atomic E-state index is 14.6. The summed E-state index contributed by atoms with van der Waals surface area (Å²) in [5.74, 6) is -4.58. The summed E-state index contributed by atoms with van der Waals surface area (Å²) in [5, 5.41) is 9.23. The van der Waals surface area contributed by atoms with Gasteiger partial charge >= 0.3 is 0 Å². The third-order valence-electron chi connectivity index (χ3n) is 22.5. The Bertz CT molecular complexity index is 6510. The van der Waals surface area contributed by atoms with Crippen LogP contribution in [-0.4, -0.2) is 6.61 Å². The fraction of sp³-hybridized carbons (Fsp3) is 0.184. The summed E-state index contributed by atoms with van der Waals surface area (Å²) < 4.78 is 230. The fourth-order valence-electron chi connectivity index (χ4n) is 14.9. The van der Waals surface area contributed by atoms with Crippen molar-refractivity contribution in [2.24, 2.45) is 5.92 Å². The topological polar surface area (TPSA) is 74.9 Å². The molecule has 0 N–H and O–H groups in total. The van der Waals surface area contributed by atoms with E-state index >= 15 is 0 Å². The van der Waals surface area contributed by atoms with Gasteiger partial charge in [0.2, 0.25) is 5.82 Å². The van der Waals surface area contributed by atoms with Crippen LogP contribution in [0.15, 0.2) is 192 Å². The van der Waals surface area contributed by atoms with Gasteiger partial charge in [0.1, 0.15) is 23.3 Å². The highest BCUT2D eigenvalue weighted by Gasteiger charge is 2.25. The van der Waals surface area contributed by atoms with Crippen molar-refractivity contribution in [3.63, 3.8) is 0 Å². The molecule has 0 spiro atoms. The Kier molecular flexibility index (Phi) is 24.3. The smallest absolute Gasteiger partial charge is 0.208 e. The predicted octanol–water partition coefficient (Wildman–Crippen LogP) is 33.8. The van der Waals surface area contributed by atoms with Crippen molar-refractivity contribution in [3.8, 4) is 5.75 Å². The Labute approximate surface area is 715 Å². The minimum atomic E-state index is -0.569. The predicted molar refractivity (Wildman–Crippen MR) is 478 cm³/mol. The first-order valence-corrected chi connectivity index (χ1v) is 41.7. The minimum Gasteiger partial charge on any atom is -0.490 e. The van der Waals surface area contributed by atoms with Gasteiger partial charge in [0, 0.05) is 75.4 Å². The van der Waals surface area contributed by atoms with E-state index in [2.05, 4.69) is 13.8 Å². The molecule has 0 aliphatic rings. The second-order valence-electron chi connectivity index (χ2n) is 31.8. The Morgan fingerprint density at radius 1 is 0.208 bits per heavy atom. The van der Waals surface area contributed by atoms with E-state index in [-0.39, 0.29) is 84.8 Å². The van der Waals surface area contributed by atoms with Gasteiger partial charge < -0.3 is 26.8 Å². The van der Waals surface area contributed by atoms with E-state index in [1.165, 1.54) is 22.7 Å². The van der Waals surface area contributed by atoms with Crippen LogP contribution >= 0.6 is 22.7 Å². The van der Waals surface area contributed by atoms with E-state index < -0.39 is 58.2 Å². The van der Waals surface area contributed by atoms with Gasteiger partial charge in [0.05, 0.1) is 25.4 Å². The average Bonchev–Trinajstić information content (AvgIpc) is 1.64. The number of furan rings is 5. The molecule has 0 saturated carbocycles. The van der Waals surface area contributed by atoms with Crippen LogP contribution in [0, 0.1) is 177 Å². The Morgan fingerprint density at radius 3 is 0.536 bits per heavy atom. The van der Waals surface area contributed by atoms with E-state index in [0.717, 1.165) is 34.4 Å². The first-order valence-electron chi connectivity index (χ1n) is 40.1. The number of fused-ring (bicyclic) bond motifs is 21. The highest BCUT2D eigenvalue weighted by atomic mass is 32.1. The van der Waals surface area contributed by atoms with Gasteiger partial charge in [-0.1, -0.05) is 172 Å². The molecular weight excluding hydrogens is 1660 g/mol. The van der Waals surface area contributed by atoms with Crippen LogP contribution in [0.3, 0.4) is 0 Å². The Balaban J connectivity index is 0.000000113. The lowest BCUT2D eigenvalue weighted by atomic mass is 10.1. The van der Waals surface area contributed by atoms with E-state index in [4.69, 9.17) is 26.8 Å². The van der Waals surface area contributed by atoms with Gasteiger partial charge in [-0.05, 0) is 193 Å². The second kappa shape index (κ2) is 34.8. The van der Waals surface area contributed by atoms with Gasteiger partial charge in [0.25, 0.3) is 0 Å². The number of aryl methyl sites for hydroxylation is 13. The van der Waals surface area contributed by atoms with Crippen LogP contribution in [0.1, 0.15) is 99.0 Å². The van der Waals surface area contributed by atoms with Crippen molar-refractivity contribution in [3.05, 3.63) is 324 Å². The summed E-state index contributed by atoms with van der Waals surface area (Å²) in [6.45, 7) is 26.5. The van der Waals surface area contributed by atoms with Crippen LogP contribution in [0.25, 0.3) is 150 Å². The molecule has 0 aliphatic carbocycles. The summed E-state index contributed by atoms with van der Waals surface area (Å²) >= 11 is 2.39. The quantitative estimate of drug-likeness (QED) is 0.126. The van der Waals surface area contributed by atoms with Gasteiger partial charge in [-0.3, -0.25) is 0 Å². The van der Waals surface area contributed by atoms with E-state index in [1.807, 2.05) is 24.3 Å². The van der Waals surface area contributed by atoms with Gasteiger partial charge in [0.15, 0.2) is 114 Å². The van der Waals surface area contributed by atoms with Crippen molar-refractivity contribution in [2.75, 3.05) is 6.61 Å². The zero-order valence-corrected chi connectivity index (χ0v) is 72.1. The maximum atomic E-state index is 14.6. The zero-order chi connectivity index (χ0) is 89.5. The van der Waals surface area contributed by atoms with Crippen LogP contribution < -0.4 is 4.74 Å². The average molecular weight is 1740 g/mol. The molecule has 7 aromatic heterocycles. The lowest BCUT2D eigenvalue weighted by molar-refractivity contribution is 0.284. The van der Waals surface area contributed by atoms with Crippen molar-refractivity contribution < 1.29 is 88.3 Å². The number of hydrogen-bond donors (Lipinski definition) is 0. The monoisotopic (exact) mass is 1740 g/mol. The van der Waals surface area contributed by atoms with Gasteiger partial charge in [-0.2, -0.15) is 4.39 Å². The van der Waals surface area contributed by atoms with E-state index in [0.29, 0.717) is 158 Å². The highest BCUT2D eigenvalue weighted by Crippen LogP contribution is 2.44. The minimum absolute atomic E-state index is 0.0471. The zero-order valence-electron chi connectivity index (χ0n) is 70.4. The molecule has 0 unspecified atom stereocenters. The first kappa shape index (κ1) is 87.2. The van der Waals surface area contributed by atoms with Crippen LogP contribution in [0.5, 0.6) is 5.75 Å². The van der Waals surface area contributed by atoms with Crippen molar-refractivity contribution >= 4 is 173 Å². The van der Waals surface area contributed by atoms with Gasteiger partial charge in [-0.25, -0.2) is 57.1 Å². The maximum Gasteiger partial charge on any atom is 0.208 e. The molecule has 21 aromatic rings. The molecule has 6 nitrogen and oxygen atoms in total. The van der Waals surface area contributed by atoms with Crippen LogP contribution in [0.4, 0.5) is 61.5 Å². The van der Waals surface area contributed by atoms with Crippen LogP contribution in [-0.2, 0) is 0 Å². The largest absolute Gasteiger partial charge is 0.490 e. The number of rotatable bonds is 5. The molecule has 0 atom stereocenters. The second-order valence-corrected chi connectivity index (χ2v) is 33.8. The summed E-state index contributed by atoms with van der Waals surface area (Å²) in [6, 6.07) is 48.6. The number of ether oxygens (including phenoxy) is 1. The first-order chi connectivity index (χ1) is 59.5. The number of hydrogen-bond acceptors (Lipinski definition) is 8. The van der Waals surface area contributed by atoms with E-state index in [1.54, 1.807) is 236 Å². The standard InChI is InChI=1S/C19H20F2O2.4C14H10F2O.2C14H10F2S/c1-11(2)5-4-10-22-15-9-8-14-13-7-6-12(3)16(20)18(13)23-19(14)17(15)21;6*1-7-3-5-9-10-6-4-8(2)12(16)14(10)17-13(9)11(7)15/h6-9,11H,4-5,10H2,1-3H3;6*3-6H,1-2H3. The summed E-state index contributed by atoms with van der Waals surface area (Å²) in [7, 11) is 0. The Morgan fingerprint density at radius 2 is 0.360 bits per heavy atom. The molecule has 0 bridgehead atoms. The van der Waals surface area contributed by atoms with Crippen molar-refractivity contribution in [2.45, 2.75) is 117 Å². The van der Waals surface area contributed by atoms with Crippen molar-refractivity contribution in [1.82, 2.24) is 0 Å². The molecule has 22 heteroatoms. The molecule has 0 aliphatic heterocycles. The normalized spacial score (nSPS) is 11.6. The number of thiophene rings is 2. The molecule has 125 heavy (non-hydrogen) atoms. The van der Waals surface area contributed by atoms with Gasteiger partial charge in [-0.15, -0.1) is 22.7 Å². The summed E-state index contributed by atoms with van der Waals surface area (Å²) in [6.07, 6.45) is 1.89. The molecule has 638 valence electrons. The third kappa shape index (κ3) is 16.0. The fourth-order valence-corrected chi connectivity index (χ4v) is 17.5.